The van der Waals surface area contributed by atoms with E-state index >= 15 is 0 Å². The lowest BCUT2D eigenvalue weighted by Crippen LogP contribution is -2.32. The lowest BCUT2D eigenvalue weighted by molar-refractivity contribution is -0.116. The molecule has 130 valence electrons. The van der Waals surface area contributed by atoms with Gasteiger partial charge in [-0.3, -0.25) is 9.48 Å². The fourth-order valence-electron chi connectivity index (χ4n) is 2.37. The Morgan fingerprint density at radius 3 is 2.67 bits per heavy atom. The maximum atomic E-state index is 12.5. The number of rotatable bonds is 7. The van der Waals surface area contributed by atoms with E-state index in [0.717, 1.165) is 17.8 Å². The van der Waals surface area contributed by atoms with Gasteiger partial charge >= 0.3 is 0 Å². The summed E-state index contributed by atoms with van der Waals surface area (Å²) in [6.07, 6.45) is 2.66. The molecule has 1 amide bonds. The Labute approximate surface area is 142 Å². The van der Waals surface area contributed by atoms with Crippen LogP contribution in [0.2, 0.25) is 0 Å². The number of benzene rings is 1. The zero-order chi connectivity index (χ0) is 17.7. The predicted octanol–water partition coefficient (Wildman–Crippen LogP) is 2.44. The average Bonchev–Trinajstić information content (AvgIpc) is 2.94. The largest absolute Gasteiger partial charge is 0.497 e. The molecule has 1 aromatic heterocycles. The lowest BCUT2D eigenvalue weighted by atomic mass is 10.2. The number of nitrogens with one attached hydrogen (secondary N) is 2. The summed E-state index contributed by atoms with van der Waals surface area (Å²) in [4.78, 5) is 12.5. The number of methoxy groups -OCH3 is 2. The van der Waals surface area contributed by atoms with Crippen molar-refractivity contribution in [2.75, 3.05) is 24.9 Å². The Hall–Kier alpha value is -2.70. The molecule has 0 spiro atoms. The second-order valence-corrected chi connectivity index (χ2v) is 5.44. The van der Waals surface area contributed by atoms with Crippen LogP contribution in [0.5, 0.6) is 11.5 Å². The number of ether oxygens (including phenoxy) is 2. The van der Waals surface area contributed by atoms with Crippen molar-refractivity contribution in [2.24, 2.45) is 7.05 Å². The fraction of sp³-hybridized carbons (Fsp3) is 0.412. The zero-order valence-corrected chi connectivity index (χ0v) is 14.7. The first-order valence-corrected chi connectivity index (χ1v) is 7.80. The van der Waals surface area contributed by atoms with Gasteiger partial charge in [-0.05, 0) is 25.5 Å². The minimum absolute atomic E-state index is 0.174. The van der Waals surface area contributed by atoms with E-state index in [-0.39, 0.29) is 5.91 Å². The van der Waals surface area contributed by atoms with Crippen LogP contribution in [0.25, 0.3) is 0 Å². The topological polar surface area (TPSA) is 77.4 Å². The minimum Gasteiger partial charge on any atom is -0.497 e. The zero-order valence-electron chi connectivity index (χ0n) is 14.7. The standard InChI is InChI=1S/C17H24N4O3/c1-6-13-15(10-21(3)20-13)18-11(2)17(22)19-14-9-12(23-4)7-8-16(14)24-5/h7-11,18H,6H2,1-5H3,(H,19,22). The van der Waals surface area contributed by atoms with Crippen molar-refractivity contribution in [3.63, 3.8) is 0 Å². The second-order valence-electron chi connectivity index (χ2n) is 5.44. The van der Waals surface area contributed by atoms with Gasteiger partial charge in [-0.1, -0.05) is 6.92 Å². The normalized spacial score (nSPS) is 11.7. The number of aromatic nitrogens is 2. The summed E-state index contributed by atoms with van der Waals surface area (Å²) in [6, 6.07) is 4.82. The molecule has 1 aromatic carbocycles. The van der Waals surface area contributed by atoms with Crippen LogP contribution in [0.4, 0.5) is 11.4 Å². The van der Waals surface area contributed by atoms with Crippen molar-refractivity contribution in [2.45, 2.75) is 26.3 Å². The number of carbonyl (C=O) groups is 1. The van der Waals surface area contributed by atoms with Crippen molar-refractivity contribution in [3.05, 3.63) is 30.1 Å². The molecule has 1 atom stereocenters. The molecule has 0 radical (unpaired) electrons. The quantitative estimate of drug-likeness (QED) is 0.814. The van der Waals surface area contributed by atoms with Gasteiger partial charge in [-0.2, -0.15) is 5.10 Å². The Balaban J connectivity index is 2.11. The smallest absolute Gasteiger partial charge is 0.246 e. The monoisotopic (exact) mass is 332 g/mol. The summed E-state index contributed by atoms with van der Waals surface area (Å²) in [5.74, 6) is 1.05. The third-order valence-electron chi connectivity index (χ3n) is 3.67. The van der Waals surface area contributed by atoms with E-state index in [2.05, 4.69) is 15.7 Å². The van der Waals surface area contributed by atoms with Crippen LogP contribution < -0.4 is 20.1 Å². The third kappa shape index (κ3) is 3.98. The highest BCUT2D eigenvalue weighted by atomic mass is 16.5. The Morgan fingerprint density at radius 1 is 1.29 bits per heavy atom. The number of carbonyl (C=O) groups excluding carboxylic acids is 1. The molecule has 0 aliphatic carbocycles. The van der Waals surface area contributed by atoms with Crippen molar-refractivity contribution >= 4 is 17.3 Å². The Bertz CT molecular complexity index is 712. The molecule has 0 aliphatic rings. The van der Waals surface area contributed by atoms with E-state index in [0.29, 0.717) is 17.2 Å². The molecule has 0 bridgehead atoms. The van der Waals surface area contributed by atoms with Crippen LogP contribution in [0.1, 0.15) is 19.5 Å². The third-order valence-corrected chi connectivity index (χ3v) is 3.67. The van der Waals surface area contributed by atoms with E-state index < -0.39 is 6.04 Å². The Kier molecular flexibility index (Phi) is 5.68. The molecule has 1 unspecified atom stereocenters. The van der Waals surface area contributed by atoms with Gasteiger partial charge in [-0.15, -0.1) is 0 Å². The molecule has 0 saturated heterocycles. The molecule has 2 rings (SSSR count). The maximum Gasteiger partial charge on any atom is 0.246 e. The average molecular weight is 332 g/mol. The van der Waals surface area contributed by atoms with Crippen molar-refractivity contribution in [1.29, 1.82) is 0 Å². The second kappa shape index (κ2) is 7.72. The van der Waals surface area contributed by atoms with E-state index in [1.165, 1.54) is 0 Å². The van der Waals surface area contributed by atoms with Gasteiger partial charge < -0.3 is 20.1 Å². The highest BCUT2D eigenvalue weighted by Crippen LogP contribution is 2.29. The van der Waals surface area contributed by atoms with Gasteiger partial charge in [0.2, 0.25) is 5.91 Å². The van der Waals surface area contributed by atoms with E-state index in [9.17, 15) is 4.79 Å². The number of amides is 1. The van der Waals surface area contributed by atoms with Gasteiger partial charge in [0.05, 0.1) is 31.3 Å². The molecule has 2 N–H and O–H groups in total. The van der Waals surface area contributed by atoms with E-state index in [4.69, 9.17) is 9.47 Å². The van der Waals surface area contributed by atoms with Crippen molar-refractivity contribution in [1.82, 2.24) is 9.78 Å². The maximum absolute atomic E-state index is 12.5. The van der Waals surface area contributed by atoms with Gasteiger partial charge in [0.25, 0.3) is 0 Å². The molecule has 1 heterocycles. The van der Waals surface area contributed by atoms with Crippen LogP contribution in [-0.2, 0) is 18.3 Å². The molecular weight excluding hydrogens is 308 g/mol. The molecule has 2 aromatic rings. The van der Waals surface area contributed by atoms with Crippen LogP contribution in [0, 0.1) is 0 Å². The minimum atomic E-state index is -0.435. The van der Waals surface area contributed by atoms with E-state index in [1.807, 2.05) is 20.2 Å². The summed E-state index contributed by atoms with van der Waals surface area (Å²) in [6.45, 7) is 3.83. The highest BCUT2D eigenvalue weighted by Gasteiger charge is 2.17. The van der Waals surface area contributed by atoms with Gasteiger partial charge in [0.1, 0.15) is 17.5 Å². The number of hydrogen-bond acceptors (Lipinski definition) is 5. The molecule has 7 heteroatoms. The molecule has 0 aliphatic heterocycles. The van der Waals surface area contributed by atoms with Gasteiger partial charge in [0, 0.05) is 19.3 Å². The molecule has 24 heavy (non-hydrogen) atoms. The van der Waals surface area contributed by atoms with Crippen LogP contribution in [-0.4, -0.2) is 35.9 Å². The van der Waals surface area contributed by atoms with Crippen LogP contribution in [0.15, 0.2) is 24.4 Å². The molecule has 0 fully saturated rings. The number of anilines is 2. The van der Waals surface area contributed by atoms with Crippen LogP contribution in [0.3, 0.4) is 0 Å². The first kappa shape index (κ1) is 17.7. The van der Waals surface area contributed by atoms with E-state index in [1.54, 1.807) is 44.0 Å². The summed E-state index contributed by atoms with van der Waals surface area (Å²) in [7, 11) is 4.99. The fourth-order valence-corrected chi connectivity index (χ4v) is 2.37. The van der Waals surface area contributed by atoms with Gasteiger partial charge in [-0.25, -0.2) is 0 Å². The summed E-state index contributed by atoms with van der Waals surface area (Å²) in [5, 5.41) is 10.4. The first-order valence-electron chi connectivity index (χ1n) is 7.80. The number of nitrogens with zero attached hydrogens (tertiary/aromatic N) is 2. The summed E-state index contributed by atoms with van der Waals surface area (Å²) in [5.41, 5.74) is 2.36. The number of aryl methyl sites for hydroxylation is 2. The summed E-state index contributed by atoms with van der Waals surface area (Å²) >= 11 is 0. The SMILES string of the molecule is CCc1nn(C)cc1NC(C)C(=O)Nc1cc(OC)ccc1OC. The molecule has 7 nitrogen and oxygen atoms in total. The lowest BCUT2D eigenvalue weighted by Gasteiger charge is -2.17. The van der Waals surface area contributed by atoms with Gasteiger partial charge in [0.15, 0.2) is 0 Å². The number of hydrogen-bond donors (Lipinski definition) is 2. The summed E-state index contributed by atoms with van der Waals surface area (Å²) < 4.78 is 12.2. The van der Waals surface area contributed by atoms with Crippen molar-refractivity contribution < 1.29 is 14.3 Å². The Morgan fingerprint density at radius 2 is 2.04 bits per heavy atom. The highest BCUT2D eigenvalue weighted by molar-refractivity contribution is 5.97. The predicted molar refractivity (Wildman–Crippen MR) is 93.8 cm³/mol. The molecular formula is C17H24N4O3. The van der Waals surface area contributed by atoms with Crippen LogP contribution >= 0.6 is 0 Å². The van der Waals surface area contributed by atoms with Crippen molar-refractivity contribution in [3.8, 4) is 11.5 Å². The first-order chi connectivity index (χ1) is 11.5. The molecule has 0 saturated carbocycles.